The summed E-state index contributed by atoms with van der Waals surface area (Å²) in [5.41, 5.74) is 0. The highest BCUT2D eigenvalue weighted by atomic mass is 16.3. The molecule has 3 fully saturated rings. The normalized spacial score (nSPS) is 44.8. The molecule has 3 saturated carbocycles. The fourth-order valence-electron chi connectivity index (χ4n) is 5.65. The van der Waals surface area contributed by atoms with Crippen LogP contribution in [0.25, 0.3) is 0 Å². The first-order valence-electron chi connectivity index (χ1n) is 10.0. The van der Waals surface area contributed by atoms with Crippen molar-refractivity contribution in [1.82, 2.24) is 4.90 Å². The van der Waals surface area contributed by atoms with E-state index in [9.17, 15) is 10.2 Å². The number of aliphatic hydroxyl groups excluding tert-OH is 2. The van der Waals surface area contributed by atoms with Crippen LogP contribution in [0.2, 0.25) is 0 Å². The van der Waals surface area contributed by atoms with E-state index in [1.807, 2.05) is 0 Å². The van der Waals surface area contributed by atoms with Gasteiger partial charge in [0.05, 0.1) is 12.2 Å². The summed E-state index contributed by atoms with van der Waals surface area (Å²) in [6.07, 6.45) is 16.1. The lowest BCUT2D eigenvalue weighted by molar-refractivity contribution is -0.606. The Morgan fingerprint density at radius 2 is 1.22 bits per heavy atom. The third kappa shape index (κ3) is 2.93. The maximum Gasteiger partial charge on any atom is 0.235 e. The smallest absolute Gasteiger partial charge is 0.235 e. The Morgan fingerprint density at radius 1 is 0.652 bits per heavy atom. The highest BCUT2D eigenvalue weighted by Crippen LogP contribution is 2.36. The van der Waals surface area contributed by atoms with Crippen LogP contribution in [0.15, 0.2) is 0 Å². The molecule has 0 aromatic heterocycles. The standard InChI is InChI=1S/C19H33N2O2/c22-18-11-5-3-9-16(18)20-13-21(15-8-2-1-7-14(15)20)17-10-4-6-12-19(17)23/h13-19,22-23H,1-12H2/q+1/t14-,15-,16+,17+,18+,19+/m1/s1. The third-order valence-corrected chi connectivity index (χ3v) is 6.88. The number of nitrogens with zero attached hydrogens (tertiary/aromatic N) is 2. The molecule has 6 atom stereocenters. The minimum absolute atomic E-state index is 0.168. The van der Waals surface area contributed by atoms with Gasteiger partial charge in [-0.25, -0.2) is 0 Å². The van der Waals surface area contributed by atoms with Gasteiger partial charge < -0.3 is 10.2 Å². The molecule has 4 aliphatic rings. The number of hydrogen-bond donors (Lipinski definition) is 2. The summed E-state index contributed by atoms with van der Waals surface area (Å²) in [5.74, 6) is 0. The zero-order valence-corrected chi connectivity index (χ0v) is 14.3. The Morgan fingerprint density at radius 3 is 1.91 bits per heavy atom. The van der Waals surface area contributed by atoms with Gasteiger partial charge >= 0.3 is 0 Å². The van der Waals surface area contributed by atoms with Crippen LogP contribution in [0.1, 0.15) is 77.0 Å². The molecular weight excluding hydrogens is 288 g/mol. The number of hydrogen-bond acceptors (Lipinski definition) is 3. The SMILES string of the molecule is O[C@H]1CCCC[C@@H]1N1C=[N+]([C@H]2CCCC[C@@H]2O)[C@@H]2CCCC[C@H]21. The van der Waals surface area contributed by atoms with E-state index in [4.69, 9.17) is 0 Å². The van der Waals surface area contributed by atoms with Gasteiger partial charge in [-0.05, 0) is 64.2 Å². The molecule has 0 amide bonds. The fraction of sp³-hybridized carbons (Fsp3) is 0.947. The summed E-state index contributed by atoms with van der Waals surface area (Å²) in [4.78, 5) is 2.52. The molecule has 0 spiro atoms. The van der Waals surface area contributed by atoms with Gasteiger partial charge in [-0.1, -0.05) is 12.8 Å². The van der Waals surface area contributed by atoms with E-state index in [1.54, 1.807) is 0 Å². The lowest BCUT2D eigenvalue weighted by Gasteiger charge is -2.36. The van der Waals surface area contributed by atoms with E-state index in [1.165, 1.54) is 51.4 Å². The Balaban J connectivity index is 1.60. The van der Waals surface area contributed by atoms with Crippen molar-refractivity contribution in [2.24, 2.45) is 0 Å². The topological polar surface area (TPSA) is 46.7 Å². The molecule has 3 aliphatic carbocycles. The quantitative estimate of drug-likeness (QED) is 0.767. The predicted octanol–water partition coefficient (Wildman–Crippen LogP) is 2.26. The molecule has 0 unspecified atom stereocenters. The Kier molecular flexibility index (Phi) is 4.64. The Labute approximate surface area is 140 Å². The first kappa shape index (κ1) is 15.9. The molecule has 0 bridgehead atoms. The molecule has 4 rings (SSSR count). The van der Waals surface area contributed by atoms with Gasteiger partial charge in [-0.3, -0.25) is 9.48 Å². The van der Waals surface area contributed by atoms with Gasteiger partial charge in [0.15, 0.2) is 0 Å². The van der Waals surface area contributed by atoms with Crippen LogP contribution in [-0.2, 0) is 0 Å². The van der Waals surface area contributed by atoms with Crippen LogP contribution >= 0.6 is 0 Å². The Hall–Kier alpha value is -0.610. The molecule has 4 heteroatoms. The van der Waals surface area contributed by atoms with Crippen LogP contribution in [0, 0.1) is 0 Å². The zero-order valence-electron chi connectivity index (χ0n) is 14.3. The molecule has 1 heterocycles. The van der Waals surface area contributed by atoms with Crippen molar-refractivity contribution in [3.63, 3.8) is 0 Å². The van der Waals surface area contributed by atoms with Gasteiger partial charge in [0.2, 0.25) is 6.34 Å². The lowest BCUT2D eigenvalue weighted by atomic mass is 9.85. The fourth-order valence-corrected chi connectivity index (χ4v) is 5.65. The van der Waals surface area contributed by atoms with Gasteiger partial charge in [0.25, 0.3) is 0 Å². The van der Waals surface area contributed by atoms with Crippen molar-refractivity contribution in [1.29, 1.82) is 0 Å². The van der Waals surface area contributed by atoms with E-state index in [0.29, 0.717) is 24.2 Å². The zero-order chi connectivity index (χ0) is 15.8. The summed E-state index contributed by atoms with van der Waals surface area (Å²) in [7, 11) is 0. The lowest BCUT2D eigenvalue weighted by Crippen LogP contribution is -2.51. The first-order valence-corrected chi connectivity index (χ1v) is 10.0. The van der Waals surface area contributed by atoms with Crippen LogP contribution in [0.4, 0.5) is 0 Å². The summed E-state index contributed by atoms with van der Waals surface area (Å²) >= 11 is 0. The average molecular weight is 321 g/mol. The average Bonchev–Trinajstić information content (AvgIpc) is 2.95. The van der Waals surface area contributed by atoms with E-state index >= 15 is 0 Å². The van der Waals surface area contributed by atoms with Crippen molar-refractivity contribution in [2.75, 3.05) is 0 Å². The van der Waals surface area contributed by atoms with Crippen molar-refractivity contribution in [2.45, 2.75) is 113 Å². The van der Waals surface area contributed by atoms with Gasteiger partial charge in [-0.2, -0.15) is 0 Å². The molecule has 4 nitrogen and oxygen atoms in total. The molecule has 0 radical (unpaired) electrons. The molecule has 1 aliphatic heterocycles. The monoisotopic (exact) mass is 321 g/mol. The molecule has 2 N–H and O–H groups in total. The summed E-state index contributed by atoms with van der Waals surface area (Å²) < 4.78 is 2.52. The van der Waals surface area contributed by atoms with Crippen LogP contribution in [-0.4, -0.2) is 62.4 Å². The largest absolute Gasteiger partial charge is 0.389 e. The molecule has 0 aromatic carbocycles. The molecule has 0 aromatic rings. The predicted molar refractivity (Wildman–Crippen MR) is 90.7 cm³/mol. The highest BCUT2D eigenvalue weighted by molar-refractivity contribution is 5.53. The van der Waals surface area contributed by atoms with Crippen LogP contribution < -0.4 is 0 Å². The van der Waals surface area contributed by atoms with Gasteiger partial charge in [0, 0.05) is 0 Å². The third-order valence-electron chi connectivity index (χ3n) is 6.88. The van der Waals surface area contributed by atoms with E-state index in [-0.39, 0.29) is 12.2 Å². The second-order valence-corrected chi connectivity index (χ2v) is 8.27. The second-order valence-electron chi connectivity index (χ2n) is 8.27. The number of rotatable bonds is 2. The minimum atomic E-state index is -0.168. The number of aliphatic hydroxyl groups is 2. The summed E-state index contributed by atoms with van der Waals surface area (Å²) in [6.45, 7) is 0. The molecule has 0 saturated heterocycles. The summed E-state index contributed by atoms with van der Waals surface area (Å²) in [6, 6.07) is 1.74. The maximum absolute atomic E-state index is 10.5. The van der Waals surface area contributed by atoms with E-state index < -0.39 is 0 Å². The summed E-state index contributed by atoms with van der Waals surface area (Å²) in [5, 5.41) is 21.1. The molecule has 130 valence electrons. The van der Waals surface area contributed by atoms with Crippen molar-refractivity contribution in [3.05, 3.63) is 0 Å². The van der Waals surface area contributed by atoms with Crippen molar-refractivity contribution < 1.29 is 14.8 Å². The van der Waals surface area contributed by atoms with E-state index in [0.717, 1.165) is 25.7 Å². The van der Waals surface area contributed by atoms with Crippen LogP contribution in [0.3, 0.4) is 0 Å². The van der Waals surface area contributed by atoms with Gasteiger partial charge in [-0.15, -0.1) is 0 Å². The van der Waals surface area contributed by atoms with E-state index in [2.05, 4.69) is 15.8 Å². The van der Waals surface area contributed by atoms with Crippen molar-refractivity contribution >= 4 is 6.34 Å². The first-order chi connectivity index (χ1) is 11.3. The number of fused-ring (bicyclic) bond motifs is 1. The van der Waals surface area contributed by atoms with Crippen LogP contribution in [0.5, 0.6) is 0 Å². The Bertz CT molecular complexity index is 453. The van der Waals surface area contributed by atoms with Gasteiger partial charge in [0.1, 0.15) is 24.2 Å². The highest BCUT2D eigenvalue weighted by Gasteiger charge is 2.50. The second kappa shape index (κ2) is 6.72. The molecule has 23 heavy (non-hydrogen) atoms. The maximum atomic E-state index is 10.5. The van der Waals surface area contributed by atoms with Crippen molar-refractivity contribution in [3.8, 4) is 0 Å². The minimum Gasteiger partial charge on any atom is -0.389 e. The molecular formula is C19H33N2O2+.